The Bertz CT molecular complexity index is 8660. The van der Waals surface area contributed by atoms with Crippen LogP contribution in [0.5, 0.6) is 0 Å². The molecule has 13 nitrogen and oxygen atoms in total. The molecule has 0 aliphatic heterocycles. The highest BCUT2D eigenvalue weighted by Gasteiger charge is 2.29. The molecule has 0 aliphatic carbocycles. The Kier molecular flexibility index (Phi) is 17.9. The van der Waals surface area contributed by atoms with Gasteiger partial charge in [-0.1, -0.05) is 334 Å². The van der Waals surface area contributed by atoms with Crippen molar-refractivity contribution in [1.82, 2.24) is 62.3 Å². The number of para-hydroxylation sites is 10. The van der Waals surface area contributed by atoms with Gasteiger partial charge in [0, 0.05) is 110 Å². The van der Waals surface area contributed by atoms with Gasteiger partial charge in [0.25, 0.3) is 0 Å². The van der Waals surface area contributed by atoms with Crippen LogP contribution >= 0.6 is 0 Å². The molecule has 27 rings (SSSR count). The molecule has 0 fully saturated rings. The molecule has 0 unspecified atom stereocenters. The summed E-state index contributed by atoms with van der Waals surface area (Å²) in [7, 11) is 0. The van der Waals surface area contributed by atoms with Crippen LogP contribution in [0.2, 0.25) is 0 Å². The highest BCUT2D eigenvalue weighted by Crippen LogP contribution is 2.47. The van der Waals surface area contributed by atoms with E-state index in [1.54, 1.807) is 0 Å². The molecule has 17 aromatic carbocycles. The van der Waals surface area contributed by atoms with Gasteiger partial charge >= 0.3 is 0 Å². The van der Waals surface area contributed by atoms with Gasteiger partial charge in [-0.2, -0.15) is 9.97 Å². The summed E-state index contributed by atoms with van der Waals surface area (Å²) in [5, 5.41) is 14.2. The van der Waals surface area contributed by atoms with E-state index in [1.165, 1.54) is 93.3 Å². The van der Waals surface area contributed by atoms with E-state index in [0.717, 1.165) is 116 Å². The second kappa shape index (κ2) is 31.1. The summed E-state index contributed by atoms with van der Waals surface area (Å²) in [6.07, 6.45) is 3.98. The number of hydrogen-bond donors (Lipinski definition) is 0. The van der Waals surface area contributed by atoms with Crippen LogP contribution in [0.25, 0.3) is 233 Å². The smallest absolute Gasteiger partial charge is 0.238 e. The molecule has 0 saturated heterocycles. The van der Waals surface area contributed by atoms with Crippen LogP contribution in [0.3, 0.4) is 0 Å². The first-order chi connectivity index (χ1) is 64.5. The third kappa shape index (κ3) is 12.4. The predicted octanol–water partition coefficient (Wildman–Crippen LogP) is 28.9. The maximum atomic E-state index is 5.32. The van der Waals surface area contributed by atoms with E-state index in [9.17, 15) is 0 Å². The molecule has 13 heteroatoms. The number of aromatic nitrogens is 13. The fourth-order valence-electron chi connectivity index (χ4n) is 19.6. The summed E-state index contributed by atoms with van der Waals surface area (Å²) in [5.74, 6) is 2.45. The van der Waals surface area contributed by atoms with Gasteiger partial charge in [-0.3, -0.25) is 19.1 Å². The second-order valence-corrected chi connectivity index (χ2v) is 32.7. The van der Waals surface area contributed by atoms with E-state index < -0.39 is 0 Å². The lowest BCUT2D eigenvalue weighted by Gasteiger charge is -2.12. The van der Waals surface area contributed by atoms with Gasteiger partial charge in [0.15, 0.2) is 11.6 Å². The lowest BCUT2D eigenvalue weighted by molar-refractivity contribution is 0.953. The van der Waals surface area contributed by atoms with Crippen molar-refractivity contribution >= 4 is 142 Å². The molecule has 608 valence electrons. The van der Waals surface area contributed by atoms with Crippen molar-refractivity contribution in [2.45, 2.75) is 0 Å². The van der Waals surface area contributed by atoms with Gasteiger partial charge in [-0.15, -0.1) is 0 Å². The number of rotatable bonds is 11. The van der Waals surface area contributed by atoms with Crippen LogP contribution < -0.4 is 0 Å². The molecule has 0 N–H and O–H groups in total. The van der Waals surface area contributed by atoms with Crippen LogP contribution in [0.15, 0.2) is 455 Å². The van der Waals surface area contributed by atoms with Crippen LogP contribution in [0.4, 0.5) is 0 Å². The maximum absolute atomic E-state index is 5.32. The van der Waals surface area contributed by atoms with Gasteiger partial charge in [0.1, 0.15) is 0 Å². The topological polar surface area (TPSA) is 120 Å². The first-order valence-corrected chi connectivity index (χ1v) is 43.8. The summed E-state index contributed by atoms with van der Waals surface area (Å²) in [5.41, 5.74) is 27.9. The van der Waals surface area contributed by atoms with Crippen LogP contribution in [0.1, 0.15) is 0 Å². The van der Waals surface area contributed by atoms with Crippen molar-refractivity contribution < 1.29 is 0 Å². The summed E-state index contributed by atoms with van der Waals surface area (Å²) in [6, 6.07) is 155. The van der Waals surface area contributed by atoms with Crippen molar-refractivity contribution in [3.8, 4) is 91.1 Å². The van der Waals surface area contributed by atoms with Gasteiger partial charge in [0.2, 0.25) is 11.9 Å². The first kappa shape index (κ1) is 74.8. The highest BCUT2D eigenvalue weighted by molar-refractivity contribution is 6.30. The van der Waals surface area contributed by atoms with Crippen molar-refractivity contribution in [2.24, 2.45) is 0 Å². The zero-order valence-electron chi connectivity index (χ0n) is 70.1. The van der Waals surface area contributed by atoms with E-state index in [-0.39, 0.29) is 0 Å². The zero-order valence-corrected chi connectivity index (χ0v) is 70.1. The Morgan fingerprint density at radius 3 is 0.885 bits per heavy atom. The molecule has 0 bridgehead atoms. The quantitative estimate of drug-likeness (QED) is 0.126. The van der Waals surface area contributed by atoms with E-state index in [2.05, 4.69) is 361 Å². The predicted molar refractivity (Wildman–Crippen MR) is 535 cm³/mol. The third-order valence-electron chi connectivity index (χ3n) is 25.3. The summed E-state index contributed by atoms with van der Waals surface area (Å²) >= 11 is 0. The van der Waals surface area contributed by atoms with Crippen molar-refractivity contribution in [3.63, 3.8) is 0 Å². The maximum Gasteiger partial charge on any atom is 0.238 e. The van der Waals surface area contributed by atoms with Gasteiger partial charge in [-0.05, 0) is 120 Å². The van der Waals surface area contributed by atoms with Crippen LogP contribution in [-0.4, -0.2) is 62.3 Å². The molecule has 10 aromatic heterocycles. The number of fused-ring (bicyclic) bond motifs is 22. The van der Waals surface area contributed by atoms with E-state index in [0.29, 0.717) is 23.5 Å². The number of hydrogen-bond acceptors (Lipinski definition) is 7. The van der Waals surface area contributed by atoms with Crippen molar-refractivity contribution in [1.29, 1.82) is 0 Å². The van der Waals surface area contributed by atoms with Gasteiger partial charge in [-0.25, -0.2) is 15.0 Å². The Morgan fingerprint density at radius 2 is 0.462 bits per heavy atom. The Morgan fingerprint density at radius 1 is 0.162 bits per heavy atom. The highest BCUT2D eigenvalue weighted by atomic mass is 15.2. The molecule has 0 spiro atoms. The summed E-state index contributed by atoms with van der Waals surface area (Å²) < 4.78 is 13.9. The first-order valence-electron chi connectivity index (χ1n) is 43.8. The molecular weight excluding hydrogens is 1590 g/mol. The number of nitrogens with zero attached hydrogens (tertiary/aromatic N) is 13. The number of benzene rings is 17. The van der Waals surface area contributed by atoms with Crippen molar-refractivity contribution in [2.75, 3.05) is 0 Å². The lowest BCUT2D eigenvalue weighted by Crippen LogP contribution is -2.06. The molecule has 0 aliphatic rings. The molecule has 130 heavy (non-hydrogen) atoms. The largest absolute Gasteiger partial charge is 0.309 e. The van der Waals surface area contributed by atoms with Crippen molar-refractivity contribution in [3.05, 3.63) is 455 Å². The average molecular weight is 1660 g/mol. The molecular formula is C117H75N13. The van der Waals surface area contributed by atoms with Crippen LogP contribution in [-0.2, 0) is 0 Å². The normalized spacial score (nSPS) is 11.7. The third-order valence-corrected chi connectivity index (χ3v) is 25.3. The molecule has 0 amide bonds. The molecule has 27 aromatic rings. The fraction of sp³-hybridized carbons (Fsp3) is 0. The minimum atomic E-state index is 0.584. The average Bonchev–Trinajstić information content (AvgIpc) is 1.53. The fourth-order valence-corrected chi connectivity index (χ4v) is 19.6. The van der Waals surface area contributed by atoms with Crippen LogP contribution in [0, 0.1) is 0 Å². The Hall–Kier alpha value is -17.8. The minimum absolute atomic E-state index is 0.584. The number of pyridine rings is 2. The molecule has 10 heterocycles. The molecule has 0 saturated carbocycles. The standard InChI is InChI=1S/C42H26N6.C39H25N5.C36H24N2/c1-4-14-27(15-5-1)34-24-35(28-16-6-2-7-17-28)46-42(45-34)48-37-26-44-33-23-13-11-21-31(33)39(37)40-41(48)38-30-20-10-12-22-32(30)43-25-36(38)47(40)29-18-8-3-9-19-29;1-4-14-26(15-5-1)37-40-38(27-16-6-2-7-17-27)42-39(41-37)44-33-23-13-11-21-31(33)35-34(44)25-24-30-29-20-10-12-22-32(29)43(36(30)35)28-18-8-3-9-19-28;1-5-13-33-29(9-1)30-10-2-6-14-34(30)37(33)27-21-17-25(18-22-27)26-19-23-28(24-20-26)38-35-15-7-3-11-31(35)32-12-4-8-16-36(32)38/h1-26H;1-25H;1-24H. The van der Waals surface area contributed by atoms with E-state index in [4.69, 9.17) is 34.9 Å². The SMILES string of the molecule is c1ccc(-c2cc(-c3ccccc3)nc(-n3c4cnc5ccccc5c4c4c3c3c5ccccc5ncc3n4-c3ccccc3)n2)cc1.c1ccc(-c2nc(-c3ccccc3)nc(-n3c4ccccc4c4c3ccc3c5ccccc5n(-c5ccccc5)c34)n2)cc1.c1ccc2c(c1)c1ccccc1n2-c1ccc(-c2ccc(-n3c4ccccc4c4ccccc43)cc2)cc1. The molecule has 0 atom stereocenters. The van der Waals surface area contributed by atoms with Gasteiger partial charge < -0.3 is 18.3 Å². The van der Waals surface area contributed by atoms with Gasteiger partial charge in [0.05, 0.1) is 101 Å². The van der Waals surface area contributed by atoms with E-state index >= 15 is 0 Å². The van der Waals surface area contributed by atoms with E-state index in [1.807, 2.05) is 122 Å². The Labute approximate surface area is 745 Å². The lowest BCUT2D eigenvalue weighted by atomic mass is 10.0. The minimum Gasteiger partial charge on any atom is -0.309 e. The monoisotopic (exact) mass is 1660 g/mol. The molecule has 0 radical (unpaired) electrons. The summed E-state index contributed by atoms with van der Waals surface area (Å²) in [6.45, 7) is 0. The Balaban J connectivity index is 0.000000106. The summed E-state index contributed by atoms with van der Waals surface area (Å²) in [4.78, 5) is 35.7. The zero-order chi connectivity index (χ0) is 85.7. The second-order valence-electron chi connectivity index (χ2n) is 32.7.